The van der Waals surface area contributed by atoms with Crippen LogP contribution < -0.4 is 10.5 Å². The molecule has 0 atom stereocenters. The van der Waals surface area contributed by atoms with Crippen LogP contribution in [0.1, 0.15) is 31.0 Å². The number of nitrogens with zero attached hydrogens (tertiary/aromatic N) is 1. The van der Waals surface area contributed by atoms with Crippen LogP contribution in [0.25, 0.3) is 0 Å². The van der Waals surface area contributed by atoms with Crippen LogP contribution in [-0.4, -0.2) is 10.2 Å². The molecule has 0 spiro atoms. The molecule has 90 valence electrons. The summed E-state index contributed by atoms with van der Waals surface area (Å²) >= 11 is 0. The van der Waals surface area contributed by atoms with E-state index >= 15 is 0 Å². The van der Waals surface area contributed by atoms with Crippen LogP contribution in [0.2, 0.25) is 0 Å². The van der Waals surface area contributed by atoms with Gasteiger partial charge in [0.25, 0.3) is 0 Å². The Balaban J connectivity index is 2.08. The van der Waals surface area contributed by atoms with Crippen LogP contribution in [0, 0.1) is 0 Å². The minimum atomic E-state index is 0.443. The Morgan fingerprint density at radius 2 is 2.12 bits per heavy atom. The van der Waals surface area contributed by atoms with Crippen molar-refractivity contribution >= 4 is 5.82 Å². The molecule has 0 fully saturated rings. The van der Waals surface area contributed by atoms with Crippen LogP contribution in [0.5, 0.6) is 5.75 Å². The van der Waals surface area contributed by atoms with E-state index in [-0.39, 0.29) is 0 Å². The third-order valence-corrected chi connectivity index (χ3v) is 2.57. The topological polar surface area (TPSA) is 63.9 Å². The molecule has 0 radical (unpaired) electrons. The number of rotatable bonds is 4. The van der Waals surface area contributed by atoms with Crippen LogP contribution in [0.4, 0.5) is 5.82 Å². The fraction of sp³-hybridized carbons (Fsp3) is 0.308. The third kappa shape index (κ3) is 2.78. The summed E-state index contributed by atoms with van der Waals surface area (Å²) in [7, 11) is 0. The molecule has 1 aromatic heterocycles. The van der Waals surface area contributed by atoms with Gasteiger partial charge in [0.1, 0.15) is 18.2 Å². The lowest BCUT2D eigenvalue weighted by Crippen LogP contribution is -2.00. The predicted molar refractivity (Wildman–Crippen MR) is 67.9 cm³/mol. The second-order valence-corrected chi connectivity index (χ2v) is 4.30. The van der Waals surface area contributed by atoms with Gasteiger partial charge in [0.15, 0.2) is 0 Å². The number of aromatic amines is 1. The van der Waals surface area contributed by atoms with E-state index in [0.29, 0.717) is 18.3 Å². The second kappa shape index (κ2) is 4.91. The first-order valence-electron chi connectivity index (χ1n) is 5.68. The van der Waals surface area contributed by atoms with E-state index in [1.807, 2.05) is 18.2 Å². The van der Waals surface area contributed by atoms with Crippen molar-refractivity contribution < 1.29 is 4.74 Å². The molecular weight excluding hydrogens is 214 g/mol. The zero-order valence-corrected chi connectivity index (χ0v) is 10.1. The maximum Gasteiger partial charge on any atom is 0.145 e. The zero-order valence-electron chi connectivity index (χ0n) is 10.1. The van der Waals surface area contributed by atoms with E-state index in [1.54, 1.807) is 6.07 Å². The minimum absolute atomic E-state index is 0.443. The molecule has 0 aliphatic heterocycles. The van der Waals surface area contributed by atoms with Gasteiger partial charge in [-0.2, -0.15) is 5.10 Å². The molecule has 17 heavy (non-hydrogen) atoms. The molecule has 2 aromatic rings. The van der Waals surface area contributed by atoms with Crippen molar-refractivity contribution in [1.82, 2.24) is 10.2 Å². The summed E-state index contributed by atoms with van der Waals surface area (Å²) in [4.78, 5) is 0. The van der Waals surface area contributed by atoms with Gasteiger partial charge in [-0.3, -0.25) is 5.10 Å². The number of nitrogens with one attached hydrogen (secondary N) is 1. The van der Waals surface area contributed by atoms with Gasteiger partial charge in [0.2, 0.25) is 0 Å². The lowest BCUT2D eigenvalue weighted by Gasteiger charge is -2.12. The predicted octanol–water partition coefficient (Wildman–Crippen LogP) is 2.69. The molecular formula is C13H17N3O. The van der Waals surface area contributed by atoms with Crippen molar-refractivity contribution in [1.29, 1.82) is 0 Å². The number of hydrogen-bond acceptors (Lipinski definition) is 3. The average Bonchev–Trinajstić information content (AvgIpc) is 2.73. The van der Waals surface area contributed by atoms with Crippen LogP contribution >= 0.6 is 0 Å². The number of nitrogens with two attached hydrogens (primary N) is 1. The SMILES string of the molecule is CC(C)c1ccccc1OCc1cc(N)n[nH]1. The summed E-state index contributed by atoms with van der Waals surface area (Å²) in [5, 5.41) is 6.68. The van der Waals surface area contributed by atoms with Crippen LogP contribution in [0.3, 0.4) is 0 Å². The standard InChI is InChI=1S/C13H17N3O/c1-9(2)11-5-3-4-6-12(11)17-8-10-7-13(14)16-15-10/h3-7,9H,8H2,1-2H3,(H3,14,15,16). The Morgan fingerprint density at radius 1 is 1.35 bits per heavy atom. The van der Waals surface area contributed by atoms with Crippen LogP contribution in [0.15, 0.2) is 30.3 Å². The smallest absolute Gasteiger partial charge is 0.145 e. The first kappa shape index (κ1) is 11.5. The highest BCUT2D eigenvalue weighted by Crippen LogP contribution is 2.26. The Hall–Kier alpha value is -1.97. The maximum atomic E-state index is 5.77. The summed E-state index contributed by atoms with van der Waals surface area (Å²) in [5.74, 6) is 1.84. The average molecular weight is 231 g/mol. The van der Waals surface area contributed by atoms with E-state index in [1.165, 1.54) is 5.56 Å². The number of hydrogen-bond donors (Lipinski definition) is 2. The van der Waals surface area contributed by atoms with Crippen LogP contribution in [-0.2, 0) is 6.61 Å². The van der Waals surface area contributed by atoms with Crippen molar-refractivity contribution in [3.8, 4) is 5.75 Å². The Kier molecular flexibility index (Phi) is 3.32. The maximum absolute atomic E-state index is 5.77. The quantitative estimate of drug-likeness (QED) is 0.850. The molecule has 0 saturated carbocycles. The van der Waals surface area contributed by atoms with Crippen molar-refractivity contribution in [2.75, 3.05) is 5.73 Å². The number of H-pyrrole nitrogens is 1. The first-order chi connectivity index (χ1) is 8.16. The monoisotopic (exact) mass is 231 g/mol. The third-order valence-electron chi connectivity index (χ3n) is 2.57. The van der Waals surface area contributed by atoms with Crippen molar-refractivity contribution in [3.63, 3.8) is 0 Å². The number of ether oxygens (including phenoxy) is 1. The first-order valence-corrected chi connectivity index (χ1v) is 5.68. The summed E-state index contributed by atoms with van der Waals surface area (Å²) in [6, 6.07) is 9.84. The Morgan fingerprint density at radius 3 is 2.76 bits per heavy atom. The normalized spacial score (nSPS) is 10.8. The molecule has 0 aliphatic carbocycles. The molecule has 2 rings (SSSR count). The highest BCUT2D eigenvalue weighted by atomic mass is 16.5. The van der Waals surface area contributed by atoms with E-state index in [2.05, 4.69) is 30.1 Å². The molecule has 3 N–H and O–H groups in total. The van der Waals surface area contributed by atoms with Crippen molar-refractivity contribution in [2.45, 2.75) is 26.4 Å². The molecule has 4 heteroatoms. The minimum Gasteiger partial charge on any atom is -0.487 e. The van der Waals surface area contributed by atoms with E-state index in [9.17, 15) is 0 Å². The summed E-state index contributed by atoms with van der Waals surface area (Å²) in [6.45, 7) is 4.75. The highest BCUT2D eigenvalue weighted by molar-refractivity contribution is 5.36. The number of nitrogen functional groups attached to an aromatic ring is 1. The summed E-state index contributed by atoms with van der Waals surface area (Å²) in [6.07, 6.45) is 0. The van der Waals surface area contributed by atoms with Gasteiger partial charge in [0, 0.05) is 6.07 Å². The summed E-state index contributed by atoms with van der Waals surface area (Å²) in [5.41, 5.74) is 7.61. The molecule has 0 amide bonds. The molecule has 1 aromatic carbocycles. The van der Waals surface area contributed by atoms with Gasteiger partial charge in [-0.1, -0.05) is 32.0 Å². The molecule has 1 heterocycles. The Labute approximate surface area is 101 Å². The van der Waals surface area contributed by atoms with E-state index < -0.39 is 0 Å². The highest BCUT2D eigenvalue weighted by Gasteiger charge is 2.07. The fourth-order valence-corrected chi connectivity index (χ4v) is 1.70. The molecule has 0 unspecified atom stereocenters. The lowest BCUT2D eigenvalue weighted by molar-refractivity contribution is 0.297. The van der Waals surface area contributed by atoms with Gasteiger partial charge in [-0.25, -0.2) is 0 Å². The summed E-state index contributed by atoms with van der Waals surface area (Å²) < 4.78 is 5.77. The van der Waals surface area contributed by atoms with Gasteiger partial charge in [0.05, 0.1) is 5.69 Å². The largest absolute Gasteiger partial charge is 0.487 e. The van der Waals surface area contributed by atoms with E-state index in [4.69, 9.17) is 10.5 Å². The van der Waals surface area contributed by atoms with Crippen molar-refractivity contribution in [3.05, 3.63) is 41.6 Å². The molecule has 0 bridgehead atoms. The number of para-hydroxylation sites is 1. The van der Waals surface area contributed by atoms with Crippen molar-refractivity contribution in [2.24, 2.45) is 0 Å². The number of anilines is 1. The second-order valence-electron chi connectivity index (χ2n) is 4.30. The number of aromatic nitrogens is 2. The van der Waals surface area contributed by atoms with Gasteiger partial charge in [-0.05, 0) is 17.5 Å². The number of benzene rings is 1. The fourth-order valence-electron chi connectivity index (χ4n) is 1.70. The van der Waals surface area contributed by atoms with Gasteiger partial charge in [-0.15, -0.1) is 0 Å². The van der Waals surface area contributed by atoms with E-state index in [0.717, 1.165) is 11.4 Å². The molecule has 0 saturated heterocycles. The lowest BCUT2D eigenvalue weighted by atomic mass is 10.0. The molecule has 4 nitrogen and oxygen atoms in total. The Bertz CT molecular complexity index is 491. The molecule has 0 aliphatic rings. The zero-order chi connectivity index (χ0) is 12.3. The van der Waals surface area contributed by atoms with Gasteiger partial charge < -0.3 is 10.5 Å². The van der Waals surface area contributed by atoms with Gasteiger partial charge >= 0.3 is 0 Å².